The van der Waals surface area contributed by atoms with E-state index in [-0.39, 0.29) is 0 Å². The molecule has 3 aromatic rings. The third kappa shape index (κ3) is 2.71. The predicted molar refractivity (Wildman–Crippen MR) is 94.6 cm³/mol. The lowest BCUT2D eigenvalue weighted by atomic mass is 9.96. The third-order valence-corrected chi connectivity index (χ3v) is 3.86. The van der Waals surface area contributed by atoms with Crippen LogP contribution in [0.4, 0.5) is 0 Å². The van der Waals surface area contributed by atoms with E-state index in [1.54, 1.807) is 0 Å². The van der Waals surface area contributed by atoms with Gasteiger partial charge in [-0.3, -0.25) is 4.98 Å². The van der Waals surface area contributed by atoms with E-state index in [9.17, 15) is 0 Å². The molecule has 0 aliphatic carbocycles. The number of hydrogen-bond donors (Lipinski definition) is 0. The van der Waals surface area contributed by atoms with E-state index in [4.69, 9.17) is 0 Å². The van der Waals surface area contributed by atoms with Crippen molar-refractivity contribution in [2.75, 3.05) is 0 Å². The summed E-state index contributed by atoms with van der Waals surface area (Å²) in [6, 6.07) is 20.8. The van der Waals surface area contributed by atoms with Crippen LogP contribution < -0.4 is 0 Å². The fourth-order valence-corrected chi connectivity index (χ4v) is 2.70. The molecule has 0 bridgehead atoms. The van der Waals surface area contributed by atoms with Crippen LogP contribution in [0.2, 0.25) is 0 Å². The fraction of sp³-hybridized carbons (Fsp3) is 0.0952. The second-order valence-electron chi connectivity index (χ2n) is 5.58. The van der Waals surface area contributed by atoms with Crippen LogP contribution in [0.15, 0.2) is 73.4 Å². The number of benzene rings is 2. The Morgan fingerprint density at radius 2 is 1.59 bits per heavy atom. The van der Waals surface area contributed by atoms with Gasteiger partial charge in [-0.1, -0.05) is 66.7 Å². The van der Waals surface area contributed by atoms with Gasteiger partial charge in [-0.05, 0) is 36.6 Å². The molecular formula is C21H19N. The Morgan fingerprint density at radius 3 is 2.27 bits per heavy atom. The van der Waals surface area contributed by atoms with Crippen LogP contribution >= 0.6 is 0 Å². The van der Waals surface area contributed by atoms with Crippen molar-refractivity contribution in [3.63, 3.8) is 0 Å². The number of pyridine rings is 1. The van der Waals surface area contributed by atoms with E-state index >= 15 is 0 Å². The third-order valence-electron chi connectivity index (χ3n) is 3.86. The van der Waals surface area contributed by atoms with Crippen molar-refractivity contribution < 1.29 is 0 Å². The molecule has 1 heteroatoms. The summed E-state index contributed by atoms with van der Waals surface area (Å²) in [7, 11) is 0. The molecule has 1 aromatic heterocycles. The Kier molecular flexibility index (Phi) is 3.88. The Morgan fingerprint density at radius 1 is 0.909 bits per heavy atom. The van der Waals surface area contributed by atoms with Crippen LogP contribution in [0, 0.1) is 6.92 Å². The molecule has 108 valence electrons. The van der Waals surface area contributed by atoms with Gasteiger partial charge < -0.3 is 0 Å². The predicted octanol–water partition coefficient (Wildman–Crippen LogP) is 5.76. The molecule has 0 spiro atoms. The second-order valence-corrected chi connectivity index (χ2v) is 5.58. The molecule has 1 nitrogen and oxygen atoms in total. The summed E-state index contributed by atoms with van der Waals surface area (Å²) in [5, 5.41) is 0. The molecule has 2 aromatic carbocycles. The second kappa shape index (κ2) is 5.98. The highest BCUT2D eigenvalue weighted by Crippen LogP contribution is 2.30. The van der Waals surface area contributed by atoms with E-state index < -0.39 is 0 Å². The fourth-order valence-electron chi connectivity index (χ4n) is 2.70. The minimum Gasteiger partial charge on any atom is -0.256 e. The molecule has 0 saturated heterocycles. The van der Waals surface area contributed by atoms with Gasteiger partial charge in [0, 0.05) is 17.3 Å². The van der Waals surface area contributed by atoms with Crippen molar-refractivity contribution in [3.8, 4) is 22.4 Å². The van der Waals surface area contributed by atoms with Crippen LogP contribution in [0.25, 0.3) is 28.0 Å². The summed E-state index contributed by atoms with van der Waals surface area (Å²) < 4.78 is 0. The minimum absolute atomic E-state index is 0.996. The summed E-state index contributed by atoms with van der Waals surface area (Å²) in [5.74, 6) is 0. The number of allylic oxidation sites excluding steroid dienone is 1. The topological polar surface area (TPSA) is 12.9 Å². The Bertz CT molecular complexity index is 816. The van der Waals surface area contributed by atoms with E-state index in [0.717, 1.165) is 22.4 Å². The summed E-state index contributed by atoms with van der Waals surface area (Å²) in [6.07, 6.45) is 1.97. The summed E-state index contributed by atoms with van der Waals surface area (Å²) in [6.45, 7) is 8.24. The SMILES string of the molecule is C=C(C)c1ccccc1-c1cc(C)c(-c2ccccc2)cn1. The minimum atomic E-state index is 0.996. The lowest BCUT2D eigenvalue weighted by Crippen LogP contribution is -1.92. The van der Waals surface area contributed by atoms with Gasteiger partial charge >= 0.3 is 0 Å². The van der Waals surface area contributed by atoms with Crippen molar-refractivity contribution in [1.82, 2.24) is 4.98 Å². The first-order valence-corrected chi connectivity index (χ1v) is 7.44. The van der Waals surface area contributed by atoms with Gasteiger partial charge in [0.2, 0.25) is 0 Å². The molecule has 0 radical (unpaired) electrons. The molecule has 0 aliphatic heterocycles. The highest BCUT2D eigenvalue weighted by Gasteiger charge is 2.09. The summed E-state index contributed by atoms with van der Waals surface area (Å²) >= 11 is 0. The van der Waals surface area contributed by atoms with E-state index in [0.29, 0.717) is 0 Å². The van der Waals surface area contributed by atoms with E-state index in [1.807, 2.05) is 31.3 Å². The Hall–Kier alpha value is -2.67. The first kappa shape index (κ1) is 14.3. The summed E-state index contributed by atoms with van der Waals surface area (Å²) in [4.78, 5) is 4.69. The van der Waals surface area contributed by atoms with Crippen molar-refractivity contribution >= 4 is 5.57 Å². The monoisotopic (exact) mass is 285 g/mol. The average Bonchev–Trinajstić information content (AvgIpc) is 2.55. The Balaban J connectivity index is 2.09. The van der Waals surface area contributed by atoms with Gasteiger partial charge in [0.05, 0.1) is 5.69 Å². The lowest BCUT2D eigenvalue weighted by Gasteiger charge is -2.11. The molecule has 0 aliphatic rings. The quantitative estimate of drug-likeness (QED) is 0.596. The molecular weight excluding hydrogens is 266 g/mol. The number of aryl methyl sites for hydroxylation is 1. The molecule has 3 rings (SSSR count). The molecule has 1 heterocycles. The maximum atomic E-state index is 4.69. The van der Waals surface area contributed by atoms with Gasteiger partial charge in [-0.15, -0.1) is 0 Å². The normalized spacial score (nSPS) is 10.5. The number of aromatic nitrogens is 1. The summed E-state index contributed by atoms with van der Waals surface area (Å²) in [5.41, 5.74) is 7.95. The molecule has 0 N–H and O–H groups in total. The number of rotatable bonds is 3. The zero-order valence-corrected chi connectivity index (χ0v) is 13.0. The average molecular weight is 285 g/mol. The smallest absolute Gasteiger partial charge is 0.0711 e. The van der Waals surface area contributed by atoms with Gasteiger partial charge in [0.15, 0.2) is 0 Å². The highest BCUT2D eigenvalue weighted by molar-refractivity contribution is 5.79. The number of hydrogen-bond acceptors (Lipinski definition) is 1. The van der Waals surface area contributed by atoms with Crippen molar-refractivity contribution in [2.45, 2.75) is 13.8 Å². The zero-order chi connectivity index (χ0) is 15.5. The number of nitrogens with zero attached hydrogens (tertiary/aromatic N) is 1. The molecule has 0 saturated carbocycles. The largest absolute Gasteiger partial charge is 0.256 e. The van der Waals surface area contributed by atoms with Crippen LogP contribution in [-0.4, -0.2) is 4.98 Å². The maximum absolute atomic E-state index is 4.69. The Labute approximate surface area is 132 Å². The molecule has 22 heavy (non-hydrogen) atoms. The van der Waals surface area contributed by atoms with E-state index in [2.05, 4.69) is 61.0 Å². The molecule has 0 amide bonds. The molecule has 0 fully saturated rings. The lowest BCUT2D eigenvalue weighted by molar-refractivity contribution is 1.28. The van der Waals surface area contributed by atoms with Gasteiger partial charge in [-0.25, -0.2) is 0 Å². The van der Waals surface area contributed by atoms with Gasteiger partial charge in [-0.2, -0.15) is 0 Å². The molecule has 0 atom stereocenters. The van der Waals surface area contributed by atoms with Gasteiger partial charge in [0.25, 0.3) is 0 Å². The van der Waals surface area contributed by atoms with E-state index in [1.165, 1.54) is 16.7 Å². The van der Waals surface area contributed by atoms with Crippen molar-refractivity contribution in [1.29, 1.82) is 0 Å². The maximum Gasteiger partial charge on any atom is 0.0711 e. The van der Waals surface area contributed by atoms with Crippen LogP contribution in [-0.2, 0) is 0 Å². The van der Waals surface area contributed by atoms with Crippen LogP contribution in [0.1, 0.15) is 18.1 Å². The first-order chi connectivity index (χ1) is 10.7. The zero-order valence-electron chi connectivity index (χ0n) is 13.0. The highest BCUT2D eigenvalue weighted by atomic mass is 14.7. The van der Waals surface area contributed by atoms with Gasteiger partial charge in [0.1, 0.15) is 0 Å². The first-order valence-electron chi connectivity index (χ1n) is 7.44. The van der Waals surface area contributed by atoms with Crippen molar-refractivity contribution in [3.05, 3.63) is 84.6 Å². The van der Waals surface area contributed by atoms with Crippen molar-refractivity contribution in [2.24, 2.45) is 0 Å². The standard InChI is InChI=1S/C21H19N/c1-15(2)18-11-7-8-12-19(18)21-13-16(3)20(14-22-21)17-9-5-4-6-10-17/h4-14H,1H2,2-3H3. The van der Waals surface area contributed by atoms with Crippen LogP contribution in [0.3, 0.4) is 0 Å². The van der Waals surface area contributed by atoms with Crippen LogP contribution in [0.5, 0.6) is 0 Å². The molecule has 0 unspecified atom stereocenters.